The number of morpholine rings is 1. The molecule has 1 saturated heterocycles. The molecule has 7 heteroatoms. The van der Waals surface area contributed by atoms with E-state index < -0.39 is 0 Å². The predicted molar refractivity (Wildman–Crippen MR) is 98.0 cm³/mol. The zero-order valence-corrected chi connectivity index (χ0v) is 15.5. The first-order valence-electron chi connectivity index (χ1n) is 9.47. The van der Waals surface area contributed by atoms with Crippen LogP contribution in [0.1, 0.15) is 55.1 Å². The van der Waals surface area contributed by atoms with Crippen LogP contribution in [0.2, 0.25) is 0 Å². The topological polar surface area (TPSA) is 35.2 Å². The Bertz CT molecular complexity index is 853. The van der Waals surface area contributed by atoms with Gasteiger partial charge in [-0.15, -0.1) is 0 Å². The van der Waals surface area contributed by atoms with Crippen molar-refractivity contribution in [2.75, 3.05) is 19.7 Å². The van der Waals surface area contributed by atoms with Crippen LogP contribution in [-0.4, -0.2) is 38.9 Å². The zero-order valence-electron chi connectivity index (χ0n) is 14.7. The summed E-state index contributed by atoms with van der Waals surface area (Å²) in [6.07, 6.45) is 4.89. The maximum atomic E-state index is 13.2. The summed E-state index contributed by atoms with van der Waals surface area (Å²) in [7, 11) is 0. The summed E-state index contributed by atoms with van der Waals surface area (Å²) in [5.41, 5.74) is 1.02. The van der Waals surface area contributed by atoms with Crippen molar-refractivity contribution < 1.29 is 9.13 Å². The van der Waals surface area contributed by atoms with Gasteiger partial charge in [-0.05, 0) is 55.6 Å². The van der Waals surface area contributed by atoms with E-state index in [0.717, 1.165) is 23.4 Å². The smallest absolute Gasteiger partial charge is 0.199 e. The normalized spacial score (nSPS) is 24.1. The van der Waals surface area contributed by atoms with E-state index in [4.69, 9.17) is 22.1 Å². The van der Waals surface area contributed by atoms with Gasteiger partial charge >= 0.3 is 0 Å². The third kappa shape index (κ3) is 3.23. The SMILES string of the molecule is Fc1ccc([C@H]2CN(Cn3nc(C4CC4)n(C4CC4)c3=S)CCO2)cc1. The highest BCUT2D eigenvalue weighted by molar-refractivity contribution is 7.71. The lowest BCUT2D eigenvalue weighted by Crippen LogP contribution is -2.39. The third-order valence-corrected chi connectivity index (χ3v) is 5.89. The van der Waals surface area contributed by atoms with Gasteiger partial charge in [0.1, 0.15) is 11.6 Å². The molecule has 0 N–H and O–H groups in total. The van der Waals surface area contributed by atoms with E-state index in [1.165, 1.54) is 43.6 Å². The maximum absolute atomic E-state index is 13.2. The van der Waals surface area contributed by atoms with E-state index >= 15 is 0 Å². The Hall–Kier alpha value is -1.57. The lowest BCUT2D eigenvalue weighted by atomic mass is 10.1. The molecule has 3 aliphatic rings. The molecule has 1 aromatic carbocycles. The summed E-state index contributed by atoms with van der Waals surface area (Å²) in [6, 6.07) is 7.17. The molecule has 0 bridgehead atoms. The Morgan fingerprint density at radius 2 is 1.92 bits per heavy atom. The average Bonchev–Trinajstić information content (AvgIpc) is 3.55. The Labute approximate surface area is 157 Å². The molecule has 1 aromatic heterocycles. The summed E-state index contributed by atoms with van der Waals surface area (Å²) < 4.78 is 24.2. The fraction of sp³-hybridized carbons (Fsp3) is 0.579. The lowest BCUT2D eigenvalue weighted by molar-refractivity contribution is -0.0419. The Kier molecular flexibility index (Phi) is 4.18. The van der Waals surface area contributed by atoms with Crippen LogP contribution < -0.4 is 0 Å². The molecule has 2 saturated carbocycles. The maximum Gasteiger partial charge on any atom is 0.199 e. The van der Waals surface area contributed by atoms with Gasteiger partial charge in [0.05, 0.1) is 19.4 Å². The highest BCUT2D eigenvalue weighted by atomic mass is 32.1. The quantitative estimate of drug-likeness (QED) is 0.746. The van der Waals surface area contributed by atoms with Gasteiger partial charge in [0.15, 0.2) is 4.77 Å². The van der Waals surface area contributed by atoms with E-state index in [1.807, 2.05) is 16.8 Å². The van der Waals surface area contributed by atoms with Crippen molar-refractivity contribution in [3.63, 3.8) is 0 Å². The second-order valence-electron chi connectivity index (χ2n) is 7.65. The second kappa shape index (κ2) is 6.55. The molecule has 3 fully saturated rings. The van der Waals surface area contributed by atoms with Crippen LogP contribution >= 0.6 is 12.2 Å². The third-order valence-electron chi connectivity index (χ3n) is 5.48. The fourth-order valence-corrected chi connectivity index (χ4v) is 4.07. The number of ether oxygens (including phenoxy) is 1. The minimum Gasteiger partial charge on any atom is -0.371 e. The summed E-state index contributed by atoms with van der Waals surface area (Å²) in [4.78, 5) is 2.33. The van der Waals surface area contributed by atoms with Gasteiger partial charge in [-0.1, -0.05) is 12.1 Å². The number of hydrogen-bond acceptors (Lipinski definition) is 4. The number of aromatic nitrogens is 3. The molecule has 5 rings (SSSR count). The van der Waals surface area contributed by atoms with Crippen LogP contribution in [-0.2, 0) is 11.4 Å². The summed E-state index contributed by atoms with van der Waals surface area (Å²) in [5.74, 6) is 1.59. The Morgan fingerprint density at radius 3 is 2.62 bits per heavy atom. The first-order chi connectivity index (χ1) is 12.7. The molecule has 0 radical (unpaired) electrons. The second-order valence-corrected chi connectivity index (χ2v) is 8.01. The molecule has 138 valence electrons. The van der Waals surface area contributed by atoms with Crippen molar-refractivity contribution in [3.8, 4) is 0 Å². The predicted octanol–water partition coefficient (Wildman–Crippen LogP) is 3.80. The van der Waals surface area contributed by atoms with Crippen molar-refractivity contribution in [3.05, 3.63) is 46.2 Å². The molecule has 0 spiro atoms. The van der Waals surface area contributed by atoms with Gasteiger partial charge < -0.3 is 9.30 Å². The highest BCUT2D eigenvalue weighted by Gasteiger charge is 2.36. The van der Waals surface area contributed by atoms with Crippen molar-refractivity contribution in [1.82, 2.24) is 19.2 Å². The van der Waals surface area contributed by atoms with Crippen molar-refractivity contribution in [1.29, 1.82) is 0 Å². The van der Waals surface area contributed by atoms with Gasteiger partial charge in [-0.25, -0.2) is 9.07 Å². The van der Waals surface area contributed by atoms with Crippen LogP contribution in [0.15, 0.2) is 24.3 Å². The number of benzene rings is 1. The van der Waals surface area contributed by atoms with E-state index in [9.17, 15) is 4.39 Å². The molecule has 1 atom stereocenters. The van der Waals surface area contributed by atoms with Gasteiger partial charge in [-0.2, -0.15) is 5.10 Å². The minimum absolute atomic E-state index is 0.0352. The molecule has 26 heavy (non-hydrogen) atoms. The van der Waals surface area contributed by atoms with Crippen LogP contribution in [0, 0.1) is 10.6 Å². The van der Waals surface area contributed by atoms with Crippen LogP contribution in [0.5, 0.6) is 0 Å². The van der Waals surface area contributed by atoms with Crippen LogP contribution in [0.25, 0.3) is 0 Å². The fourth-order valence-electron chi connectivity index (χ4n) is 3.72. The van der Waals surface area contributed by atoms with E-state index in [-0.39, 0.29) is 11.9 Å². The number of hydrogen-bond donors (Lipinski definition) is 0. The summed E-state index contributed by atoms with van der Waals surface area (Å²) >= 11 is 5.75. The number of nitrogens with zero attached hydrogens (tertiary/aromatic N) is 4. The minimum atomic E-state index is -0.217. The van der Waals surface area contributed by atoms with Crippen molar-refractivity contribution in [2.24, 2.45) is 0 Å². The van der Waals surface area contributed by atoms with Gasteiger partial charge in [0.2, 0.25) is 0 Å². The molecular formula is C19H23FN4OS. The molecule has 2 aliphatic carbocycles. The molecule has 0 unspecified atom stereocenters. The molecule has 1 aliphatic heterocycles. The van der Waals surface area contributed by atoms with E-state index in [2.05, 4.69) is 9.47 Å². The monoisotopic (exact) mass is 374 g/mol. The van der Waals surface area contributed by atoms with Gasteiger partial charge in [-0.3, -0.25) is 4.90 Å². The van der Waals surface area contributed by atoms with Gasteiger partial charge in [0.25, 0.3) is 0 Å². The average molecular weight is 374 g/mol. The molecule has 5 nitrogen and oxygen atoms in total. The van der Waals surface area contributed by atoms with Crippen LogP contribution in [0.4, 0.5) is 4.39 Å². The first kappa shape index (κ1) is 16.6. The van der Waals surface area contributed by atoms with Crippen LogP contribution in [0.3, 0.4) is 0 Å². The lowest BCUT2D eigenvalue weighted by Gasteiger charge is -2.32. The summed E-state index contributed by atoms with van der Waals surface area (Å²) in [5, 5.41) is 4.88. The number of halogens is 1. The van der Waals surface area contributed by atoms with E-state index in [1.54, 1.807) is 0 Å². The molecule has 2 aromatic rings. The van der Waals surface area contributed by atoms with E-state index in [0.29, 0.717) is 25.2 Å². The molecular weight excluding hydrogens is 351 g/mol. The highest BCUT2D eigenvalue weighted by Crippen LogP contribution is 2.44. The zero-order chi connectivity index (χ0) is 17.7. The van der Waals surface area contributed by atoms with Crippen molar-refractivity contribution in [2.45, 2.75) is 50.4 Å². The molecule has 2 heterocycles. The standard InChI is InChI=1S/C19H23FN4OS/c20-15-5-3-13(4-6-15)17-11-22(9-10-25-17)12-23-19(26)24(16-7-8-16)18(21-23)14-1-2-14/h3-6,14,16-17H,1-2,7-12H2/t17-/m1/s1. The number of rotatable bonds is 5. The summed E-state index contributed by atoms with van der Waals surface area (Å²) in [6.45, 7) is 2.98. The van der Waals surface area contributed by atoms with Crippen molar-refractivity contribution >= 4 is 12.2 Å². The Morgan fingerprint density at radius 1 is 1.15 bits per heavy atom. The van der Waals surface area contributed by atoms with Gasteiger partial charge in [0, 0.05) is 25.0 Å². The largest absolute Gasteiger partial charge is 0.371 e. The first-order valence-corrected chi connectivity index (χ1v) is 9.88. The Balaban J connectivity index is 1.34. The molecule has 0 amide bonds.